The van der Waals surface area contributed by atoms with Gasteiger partial charge >= 0.3 is 0 Å². The Morgan fingerprint density at radius 1 is 1.20 bits per heavy atom. The molecule has 0 radical (unpaired) electrons. The molecule has 0 saturated heterocycles. The molecular weight excluding hydrogens is 277 g/mol. The Morgan fingerprint density at radius 3 is 2.60 bits per heavy atom. The maximum Gasteiger partial charge on any atom is 0.145 e. The molecule has 0 spiro atoms. The van der Waals surface area contributed by atoms with Crippen molar-refractivity contribution in [3.8, 4) is 11.3 Å². The smallest absolute Gasteiger partial charge is 0.145 e. The molecule has 20 heavy (non-hydrogen) atoms. The molecule has 4 N–H and O–H groups in total. The lowest BCUT2D eigenvalue weighted by Gasteiger charge is -2.01. The fraction of sp³-hybridized carbons (Fsp3) is 0.0769. The van der Waals surface area contributed by atoms with Gasteiger partial charge in [-0.2, -0.15) is 5.10 Å². The largest absolute Gasteiger partial charge is 0.394 e. The van der Waals surface area contributed by atoms with Gasteiger partial charge in [0.2, 0.25) is 0 Å². The first kappa shape index (κ1) is 12.6. The van der Waals surface area contributed by atoms with Gasteiger partial charge in [-0.15, -0.1) is 11.3 Å². The molecule has 102 valence electrons. The Morgan fingerprint density at radius 2 is 1.95 bits per heavy atom. The SMILES string of the molecule is Nc1cnn(Cc2nc(-c3ccc(F)cc3)cs2)c1N. The van der Waals surface area contributed by atoms with Gasteiger partial charge in [0.25, 0.3) is 0 Å². The molecule has 2 heterocycles. The Labute approximate surface area is 118 Å². The van der Waals surface area contributed by atoms with Crippen LogP contribution in [0, 0.1) is 5.82 Å². The minimum Gasteiger partial charge on any atom is -0.394 e. The van der Waals surface area contributed by atoms with Crippen molar-refractivity contribution in [1.29, 1.82) is 0 Å². The number of rotatable bonds is 3. The predicted molar refractivity (Wildman–Crippen MR) is 77.7 cm³/mol. The van der Waals surface area contributed by atoms with Crippen molar-refractivity contribution in [2.24, 2.45) is 0 Å². The van der Waals surface area contributed by atoms with E-state index in [2.05, 4.69) is 10.1 Å². The zero-order valence-electron chi connectivity index (χ0n) is 10.5. The lowest BCUT2D eigenvalue weighted by atomic mass is 10.2. The quantitative estimate of drug-likeness (QED) is 0.775. The average Bonchev–Trinajstić information content (AvgIpc) is 3.02. The Hall–Kier alpha value is -2.41. The molecule has 7 heteroatoms. The van der Waals surface area contributed by atoms with Crippen molar-refractivity contribution in [3.63, 3.8) is 0 Å². The van der Waals surface area contributed by atoms with Gasteiger partial charge in [-0.25, -0.2) is 14.1 Å². The van der Waals surface area contributed by atoms with Crippen molar-refractivity contribution in [3.05, 3.63) is 46.7 Å². The van der Waals surface area contributed by atoms with Crippen molar-refractivity contribution < 1.29 is 4.39 Å². The molecule has 0 saturated carbocycles. The monoisotopic (exact) mass is 289 g/mol. The van der Waals surface area contributed by atoms with E-state index in [-0.39, 0.29) is 5.82 Å². The van der Waals surface area contributed by atoms with E-state index in [1.807, 2.05) is 5.38 Å². The maximum atomic E-state index is 12.9. The van der Waals surface area contributed by atoms with Crippen LogP contribution < -0.4 is 11.5 Å². The topological polar surface area (TPSA) is 82.8 Å². The van der Waals surface area contributed by atoms with Gasteiger partial charge in [0.1, 0.15) is 16.6 Å². The van der Waals surface area contributed by atoms with Crippen molar-refractivity contribution >= 4 is 22.8 Å². The average molecular weight is 289 g/mol. The standard InChI is InChI=1S/C13H12FN5S/c14-9-3-1-8(2-4-9)11-7-20-12(18-11)6-19-13(16)10(15)5-17-19/h1-5,7H,6,15-16H2. The second kappa shape index (κ2) is 4.93. The fourth-order valence-corrected chi connectivity index (χ4v) is 2.58. The van der Waals surface area contributed by atoms with Crippen LogP contribution in [0.25, 0.3) is 11.3 Å². The van der Waals surface area contributed by atoms with Gasteiger partial charge < -0.3 is 11.5 Å². The van der Waals surface area contributed by atoms with Crippen molar-refractivity contribution in [2.75, 3.05) is 11.5 Å². The third-order valence-electron chi connectivity index (χ3n) is 2.89. The number of hydrogen-bond donors (Lipinski definition) is 2. The summed E-state index contributed by atoms with van der Waals surface area (Å²) in [5, 5.41) is 6.87. The van der Waals surface area contributed by atoms with Crippen LogP contribution >= 0.6 is 11.3 Å². The zero-order chi connectivity index (χ0) is 14.1. The second-order valence-corrected chi connectivity index (χ2v) is 5.22. The van der Waals surface area contributed by atoms with Gasteiger partial charge in [0.15, 0.2) is 0 Å². The van der Waals surface area contributed by atoms with Crippen LogP contribution in [0.1, 0.15) is 5.01 Å². The van der Waals surface area contributed by atoms with Gasteiger partial charge in [0.05, 0.1) is 24.1 Å². The highest BCUT2D eigenvalue weighted by atomic mass is 32.1. The summed E-state index contributed by atoms with van der Waals surface area (Å²) in [6, 6.07) is 6.24. The molecule has 0 unspecified atom stereocenters. The van der Waals surface area contributed by atoms with Gasteiger partial charge in [-0.3, -0.25) is 0 Å². The third-order valence-corrected chi connectivity index (χ3v) is 3.72. The van der Waals surface area contributed by atoms with E-state index in [0.29, 0.717) is 18.1 Å². The molecule has 0 aliphatic carbocycles. The van der Waals surface area contributed by atoms with E-state index < -0.39 is 0 Å². The van der Waals surface area contributed by atoms with E-state index in [4.69, 9.17) is 11.5 Å². The number of anilines is 2. The first-order valence-electron chi connectivity index (χ1n) is 5.90. The number of nitrogens with zero attached hydrogens (tertiary/aromatic N) is 3. The van der Waals surface area contributed by atoms with E-state index in [9.17, 15) is 4.39 Å². The normalized spacial score (nSPS) is 10.8. The molecule has 0 fully saturated rings. The van der Waals surface area contributed by atoms with Crippen molar-refractivity contribution in [2.45, 2.75) is 6.54 Å². The van der Waals surface area contributed by atoms with E-state index in [1.165, 1.54) is 29.7 Å². The van der Waals surface area contributed by atoms with Crippen LogP contribution in [-0.4, -0.2) is 14.8 Å². The fourth-order valence-electron chi connectivity index (χ4n) is 1.80. The van der Waals surface area contributed by atoms with Gasteiger partial charge in [-0.05, 0) is 24.3 Å². The van der Waals surface area contributed by atoms with Crippen LogP contribution in [0.2, 0.25) is 0 Å². The molecule has 5 nitrogen and oxygen atoms in total. The van der Waals surface area contributed by atoms with E-state index in [1.54, 1.807) is 16.8 Å². The van der Waals surface area contributed by atoms with Crippen molar-refractivity contribution in [1.82, 2.24) is 14.8 Å². The predicted octanol–water partition coefficient (Wildman–Crippen LogP) is 2.36. The van der Waals surface area contributed by atoms with Crippen LogP contribution in [0.5, 0.6) is 0 Å². The summed E-state index contributed by atoms with van der Waals surface area (Å²) in [7, 11) is 0. The number of halogens is 1. The first-order chi connectivity index (χ1) is 9.63. The molecule has 1 aromatic carbocycles. The minimum absolute atomic E-state index is 0.260. The molecule has 0 amide bonds. The number of thiazole rings is 1. The number of benzene rings is 1. The number of hydrogen-bond acceptors (Lipinski definition) is 5. The highest BCUT2D eigenvalue weighted by molar-refractivity contribution is 7.09. The highest BCUT2D eigenvalue weighted by Crippen LogP contribution is 2.23. The van der Waals surface area contributed by atoms with Crippen LogP contribution in [0.15, 0.2) is 35.8 Å². The Bertz CT molecular complexity index is 732. The summed E-state index contributed by atoms with van der Waals surface area (Å²) >= 11 is 1.50. The summed E-state index contributed by atoms with van der Waals surface area (Å²) in [5.74, 6) is 0.174. The Kier molecular flexibility index (Phi) is 3.11. The molecular formula is C13H12FN5S. The van der Waals surface area contributed by atoms with Gasteiger partial charge in [-0.1, -0.05) is 0 Å². The van der Waals surface area contributed by atoms with E-state index in [0.717, 1.165) is 16.3 Å². The number of aromatic nitrogens is 3. The number of nitrogen functional groups attached to an aromatic ring is 2. The first-order valence-corrected chi connectivity index (χ1v) is 6.78. The van der Waals surface area contributed by atoms with Crippen LogP contribution in [0.3, 0.4) is 0 Å². The summed E-state index contributed by atoms with van der Waals surface area (Å²) in [6.07, 6.45) is 1.52. The third kappa shape index (κ3) is 2.35. The molecule has 3 rings (SSSR count). The maximum absolute atomic E-state index is 12.9. The minimum atomic E-state index is -0.260. The summed E-state index contributed by atoms with van der Waals surface area (Å²) < 4.78 is 14.5. The lowest BCUT2D eigenvalue weighted by Crippen LogP contribution is -2.06. The summed E-state index contributed by atoms with van der Waals surface area (Å²) in [4.78, 5) is 4.49. The number of nitrogens with two attached hydrogens (primary N) is 2. The summed E-state index contributed by atoms with van der Waals surface area (Å²) in [5.41, 5.74) is 13.6. The highest BCUT2D eigenvalue weighted by Gasteiger charge is 2.09. The lowest BCUT2D eigenvalue weighted by molar-refractivity contribution is 0.628. The second-order valence-electron chi connectivity index (χ2n) is 4.28. The molecule has 0 bridgehead atoms. The van der Waals surface area contributed by atoms with E-state index >= 15 is 0 Å². The summed E-state index contributed by atoms with van der Waals surface area (Å²) in [6.45, 7) is 0.467. The molecule has 0 aliphatic heterocycles. The van der Waals surface area contributed by atoms with Gasteiger partial charge in [0, 0.05) is 10.9 Å². The molecule has 3 aromatic rings. The zero-order valence-corrected chi connectivity index (χ0v) is 11.3. The van der Waals surface area contributed by atoms with Crippen LogP contribution in [-0.2, 0) is 6.54 Å². The molecule has 2 aromatic heterocycles. The Balaban J connectivity index is 1.83. The van der Waals surface area contributed by atoms with Crippen LogP contribution in [0.4, 0.5) is 15.9 Å². The molecule has 0 aliphatic rings. The molecule has 0 atom stereocenters.